The van der Waals surface area contributed by atoms with Crippen LogP contribution in [0, 0.1) is 0 Å². The van der Waals surface area contributed by atoms with Crippen LogP contribution in [0.4, 0.5) is 5.69 Å². The molecule has 3 rings (SSSR count). The van der Waals surface area contributed by atoms with Crippen molar-refractivity contribution in [3.63, 3.8) is 0 Å². The van der Waals surface area contributed by atoms with Crippen molar-refractivity contribution in [2.75, 3.05) is 31.6 Å². The first kappa shape index (κ1) is 31.8. The molecule has 0 saturated heterocycles. The molecule has 0 saturated carbocycles. The lowest BCUT2D eigenvalue weighted by molar-refractivity contribution is -0.139. The zero-order valence-electron chi connectivity index (χ0n) is 23.7. The Bertz CT molecular complexity index is 1420. The van der Waals surface area contributed by atoms with Crippen LogP contribution in [-0.4, -0.2) is 58.5 Å². The fraction of sp³-hybridized carbons (Fsp3) is 0.333. The highest BCUT2D eigenvalue weighted by molar-refractivity contribution is 7.92. The smallest absolute Gasteiger partial charge is 0.264 e. The van der Waals surface area contributed by atoms with Gasteiger partial charge in [0.1, 0.15) is 24.1 Å². The molecule has 2 amide bonds. The van der Waals surface area contributed by atoms with Gasteiger partial charge < -0.3 is 19.7 Å². The third-order valence-electron chi connectivity index (χ3n) is 6.53. The molecule has 0 heterocycles. The second-order valence-electron chi connectivity index (χ2n) is 9.33. The van der Waals surface area contributed by atoms with Crippen LogP contribution >= 0.6 is 11.6 Å². The van der Waals surface area contributed by atoms with E-state index in [0.717, 1.165) is 22.7 Å². The van der Waals surface area contributed by atoms with Crippen molar-refractivity contribution in [1.29, 1.82) is 0 Å². The molecule has 3 aromatic carbocycles. The topological polar surface area (TPSA) is 105 Å². The SMILES string of the molecule is CCCCNC(=O)C(C)N(Cc1ccc(Cl)cc1)C(=O)CN(c1cc(OC)ccc1OC)S(=O)(=O)c1ccccc1. The maximum Gasteiger partial charge on any atom is 0.264 e. The van der Waals surface area contributed by atoms with E-state index in [4.69, 9.17) is 21.1 Å². The monoisotopic (exact) mass is 601 g/mol. The minimum absolute atomic E-state index is 0.00715. The molecule has 0 fully saturated rings. The van der Waals surface area contributed by atoms with E-state index in [9.17, 15) is 18.0 Å². The van der Waals surface area contributed by atoms with Crippen LogP contribution < -0.4 is 19.1 Å². The molecule has 1 N–H and O–H groups in total. The first-order chi connectivity index (χ1) is 19.6. The van der Waals surface area contributed by atoms with Crippen molar-refractivity contribution >= 4 is 39.1 Å². The molecule has 220 valence electrons. The molecule has 0 aliphatic rings. The molecule has 3 aromatic rings. The van der Waals surface area contributed by atoms with Crippen LogP contribution in [0.25, 0.3) is 0 Å². The molecule has 0 spiro atoms. The molecule has 0 aliphatic heterocycles. The number of carbonyl (C=O) groups excluding carboxylic acids is 2. The molecular weight excluding hydrogens is 566 g/mol. The molecule has 0 bridgehead atoms. The number of ether oxygens (including phenoxy) is 2. The van der Waals surface area contributed by atoms with Gasteiger partial charge in [0.15, 0.2) is 0 Å². The minimum atomic E-state index is -4.25. The fourth-order valence-electron chi connectivity index (χ4n) is 4.13. The zero-order chi connectivity index (χ0) is 30.0. The normalized spacial score (nSPS) is 11.8. The highest BCUT2D eigenvalue weighted by atomic mass is 35.5. The summed E-state index contributed by atoms with van der Waals surface area (Å²) in [4.78, 5) is 28.5. The number of hydrogen-bond donors (Lipinski definition) is 1. The first-order valence-electron chi connectivity index (χ1n) is 13.2. The van der Waals surface area contributed by atoms with Gasteiger partial charge in [-0.15, -0.1) is 0 Å². The van der Waals surface area contributed by atoms with Gasteiger partial charge in [-0.2, -0.15) is 0 Å². The molecule has 1 unspecified atom stereocenters. The van der Waals surface area contributed by atoms with Gasteiger partial charge in [-0.25, -0.2) is 8.42 Å². The lowest BCUT2D eigenvalue weighted by Crippen LogP contribution is -2.51. The van der Waals surface area contributed by atoms with Gasteiger partial charge in [-0.1, -0.05) is 55.3 Å². The Labute approximate surface area is 247 Å². The van der Waals surface area contributed by atoms with Crippen LogP contribution in [0.1, 0.15) is 32.3 Å². The number of amides is 2. The van der Waals surface area contributed by atoms with Gasteiger partial charge in [-0.05, 0) is 55.3 Å². The molecule has 0 aromatic heterocycles. The van der Waals surface area contributed by atoms with Gasteiger partial charge in [0.25, 0.3) is 10.0 Å². The average molecular weight is 602 g/mol. The number of nitrogens with one attached hydrogen (secondary N) is 1. The van der Waals surface area contributed by atoms with E-state index >= 15 is 0 Å². The van der Waals surface area contributed by atoms with Crippen molar-refractivity contribution < 1.29 is 27.5 Å². The van der Waals surface area contributed by atoms with Crippen molar-refractivity contribution in [3.05, 3.63) is 83.4 Å². The summed E-state index contributed by atoms with van der Waals surface area (Å²) in [6.45, 7) is 3.57. The van der Waals surface area contributed by atoms with Crippen molar-refractivity contribution in [1.82, 2.24) is 10.2 Å². The van der Waals surface area contributed by atoms with E-state index in [1.807, 2.05) is 6.92 Å². The number of sulfonamides is 1. The molecule has 11 heteroatoms. The molecule has 1 atom stereocenters. The molecular formula is C30H36ClN3O6S. The highest BCUT2D eigenvalue weighted by Gasteiger charge is 2.34. The standard InChI is InChI=1S/C30H36ClN3O6S/c1-5-6-18-32-30(36)22(2)33(20-23-12-14-24(31)15-13-23)29(35)21-34(41(37,38)26-10-8-7-9-11-26)27-19-25(39-3)16-17-28(27)40-4/h7-17,19,22H,5-6,18,20-21H2,1-4H3,(H,32,36). The number of nitrogens with zero attached hydrogens (tertiary/aromatic N) is 2. The van der Waals surface area contributed by atoms with Crippen LogP contribution in [0.5, 0.6) is 11.5 Å². The maximum atomic E-state index is 14.0. The van der Waals surface area contributed by atoms with Gasteiger partial charge in [0.2, 0.25) is 11.8 Å². The van der Waals surface area contributed by atoms with E-state index in [1.165, 1.54) is 37.3 Å². The van der Waals surface area contributed by atoms with Crippen LogP contribution in [-0.2, 0) is 26.2 Å². The van der Waals surface area contributed by atoms with Gasteiger partial charge in [-0.3, -0.25) is 13.9 Å². The summed E-state index contributed by atoms with van der Waals surface area (Å²) < 4.78 is 39.8. The van der Waals surface area contributed by atoms with Crippen molar-refractivity contribution in [2.45, 2.75) is 44.2 Å². The summed E-state index contributed by atoms with van der Waals surface area (Å²) in [7, 11) is -1.38. The number of hydrogen-bond acceptors (Lipinski definition) is 6. The quantitative estimate of drug-likeness (QED) is 0.264. The predicted molar refractivity (Wildman–Crippen MR) is 160 cm³/mol. The van der Waals surface area contributed by atoms with E-state index in [1.54, 1.807) is 61.5 Å². The van der Waals surface area contributed by atoms with Crippen LogP contribution in [0.2, 0.25) is 5.02 Å². The Balaban J connectivity index is 2.07. The number of benzene rings is 3. The number of methoxy groups -OCH3 is 2. The summed E-state index contributed by atoms with van der Waals surface area (Å²) in [5.41, 5.74) is 0.850. The fourth-order valence-corrected chi connectivity index (χ4v) is 5.69. The molecule has 9 nitrogen and oxygen atoms in total. The number of rotatable bonds is 14. The minimum Gasteiger partial charge on any atom is -0.497 e. The van der Waals surface area contributed by atoms with Crippen LogP contribution in [0.3, 0.4) is 0 Å². The van der Waals surface area contributed by atoms with E-state index in [-0.39, 0.29) is 28.8 Å². The Hall–Kier alpha value is -3.76. The lowest BCUT2D eigenvalue weighted by atomic mass is 10.1. The third-order valence-corrected chi connectivity index (χ3v) is 8.55. The van der Waals surface area contributed by atoms with Gasteiger partial charge in [0.05, 0.1) is 24.8 Å². The van der Waals surface area contributed by atoms with E-state index < -0.39 is 28.5 Å². The third kappa shape index (κ3) is 8.14. The Morgan fingerprint density at radius 3 is 2.27 bits per heavy atom. The summed E-state index contributed by atoms with van der Waals surface area (Å²) >= 11 is 6.05. The Kier molecular flexibility index (Phi) is 11.4. The summed E-state index contributed by atoms with van der Waals surface area (Å²) in [6, 6.07) is 18.5. The van der Waals surface area contributed by atoms with Gasteiger partial charge in [0, 0.05) is 24.2 Å². The average Bonchev–Trinajstić information content (AvgIpc) is 2.99. The Morgan fingerprint density at radius 2 is 1.66 bits per heavy atom. The summed E-state index contributed by atoms with van der Waals surface area (Å²) in [5, 5.41) is 3.40. The Morgan fingerprint density at radius 1 is 0.976 bits per heavy atom. The summed E-state index contributed by atoms with van der Waals surface area (Å²) in [6.07, 6.45) is 1.69. The van der Waals surface area contributed by atoms with E-state index in [0.29, 0.717) is 17.3 Å². The predicted octanol–water partition coefficient (Wildman–Crippen LogP) is 4.89. The van der Waals surface area contributed by atoms with Gasteiger partial charge >= 0.3 is 0 Å². The first-order valence-corrected chi connectivity index (χ1v) is 15.1. The van der Waals surface area contributed by atoms with Crippen LogP contribution in [0.15, 0.2) is 77.7 Å². The largest absolute Gasteiger partial charge is 0.497 e. The lowest BCUT2D eigenvalue weighted by Gasteiger charge is -2.32. The number of unbranched alkanes of at least 4 members (excludes halogenated alkanes) is 1. The zero-order valence-corrected chi connectivity index (χ0v) is 25.2. The van der Waals surface area contributed by atoms with E-state index in [2.05, 4.69) is 5.32 Å². The maximum absolute atomic E-state index is 14.0. The number of anilines is 1. The number of carbonyl (C=O) groups is 2. The molecule has 41 heavy (non-hydrogen) atoms. The number of halogens is 1. The second-order valence-corrected chi connectivity index (χ2v) is 11.6. The second kappa shape index (κ2) is 14.7. The van der Waals surface area contributed by atoms with Crippen molar-refractivity contribution in [2.24, 2.45) is 0 Å². The summed E-state index contributed by atoms with van der Waals surface area (Å²) in [5.74, 6) is -0.310. The molecule has 0 radical (unpaired) electrons. The molecule has 0 aliphatic carbocycles. The highest BCUT2D eigenvalue weighted by Crippen LogP contribution is 2.36. The van der Waals surface area contributed by atoms with Crippen molar-refractivity contribution in [3.8, 4) is 11.5 Å².